The first-order valence-electron chi connectivity index (χ1n) is 11.4. The summed E-state index contributed by atoms with van der Waals surface area (Å²) in [6.45, 7) is 4.60. The van der Waals surface area contributed by atoms with Gasteiger partial charge < -0.3 is 15.4 Å². The van der Waals surface area contributed by atoms with Crippen LogP contribution in [0.3, 0.4) is 0 Å². The van der Waals surface area contributed by atoms with Crippen molar-refractivity contribution < 1.29 is 9.53 Å². The van der Waals surface area contributed by atoms with Crippen molar-refractivity contribution in [2.75, 3.05) is 38.7 Å². The Kier molecular flexibility index (Phi) is 6.39. The van der Waals surface area contributed by atoms with Crippen LogP contribution in [0, 0.1) is 0 Å². The smallest absolute Gasteiger partial charge is 0.320 e. The summed E-state index contributed by atoms with van der Waals surface area (Å²) in [5, 5.41) is 14.4. The van der Waals surface area contributed by atoms with Crippen LogP contribution in [0.4, 0.5) is 10.6 Å². The third-order valence-corrected chi connectivity index (χ3v) is 6.44. The molecular weight excluding hydrogens is 416 g/mol. The fourth-order valence-corrected chi connectivity index (χ4v) is 4.80. The Morgan fingerprint density at radius 2 is 1.85 bits per heavy atom. The van der Waals surface area contributed by atoms with E-state index in [9.17, 15) is 4.79 Å². The topological polar surface area (TPSA) is 83.5 Å². The van der Waals surface area contributed by atoms with Crippen molar-refractivity contribution in [2.24, 2.45) is 0 Å². The molecular formula is C25H30N6O2. The van der Waals surface area contributed by atoms with Crippen molar-refractivity contribution in [3.05, 3.63) is 77.5 Å². The molecule has 8 nitrogen and oxygen atoms in total. The van der Waals surface area contributed by atoms with Crippen LogP contribution >= 0.6 is 0 Å². The number of urea groups is 1. The number of anilines is 1. The van der Waals surface area contributed by atoms with E-state index in [1.54, 1.807) is 7.11 Å². The van der Waals surface area contributed by atoms with Gasteiger partial charge in [-0.3, -0.25) is 10.2 Å². The maximum atomic E-state index is 13.2. The Hall–Kier alpha value is -3.20. The first-order valence-corrected chi connectivity index (χ1v) is 11.4. The van der Waals surface area contributed by atoms with E-state index in [2.05, 4.69) is 45.1 Å². The molecule has 5 rings (SSSR count). The van der Waals surface area contributed by atoms with Gasteiger partial charge in [0, 0.05) is 51.3 Å². The summed E-state index contributed by atoms with van der Waals surface area (Å²) in [6, 6.07) is 20.1. The Bertz CT molecular complexity index is 1090. The number of methoxy groups -OCH3 is 1. The minimum atomic E-state index is -0.207. The second-order valence-electron chi connectivity index (χ2n) is 8.60. The number of nitrogens with one attached hydrogen (secondary N) is 3. The van der Waals surface area contributed by atoms with E-state index in [0.29, 0.717) is 19.7 Å². The lowest BCUT2D eigenvalue weighted by molar-refractivity contribution is 0.159. The molecule has 2 amide bonds. The summed E-state index contributed by atoms with van der Waals surface area (Å²) in [5.41, 5.74) is 4.18. The van der Waals surface area contributed by atoms with Crippen LogP contribution in [0.5, 0.6) is 0 Å². The molecule has 8 heteroatoms. The van der Waals surface area contributed by atoms with Crippen molar-refractivity contribution in [1.29, 1.82) is 0 Å². The molecule has 2 aliphatic rings. The average Bonchev–Trinajstić information content (AvgIpc) is 3.55. The van der Waals surface area contributed by atoms with Crippen LogP contribution in [-0.2, 0) is 17.8 Å². The van der Waals surface area contributed by atoms with Crippen molar-refractivity contribution in [1.82, 2.24) is 25.3 Å². The van der Waals surface area contributed by atoms with Gasteiger partial charge in [-0.1, -0.05) is 48.5 Å². The first kappa shape index (κ1) is 21.6. The molecule has 0 saturated carbocycles. The number of fused-ring (bicyclic) bond motifs is 1. The van der Waals surface area contributed by atoms with Crippen LogP contribution in [0.2, 0.25) is 0 Å². The summed E-state index contributed by atoms with van der Waals surface area (Å²) < 4.78 is 7.10. The predicted molar refractivity (Wildman–Crippen MR) is 128 cm³/mol. The van der Waals surface area contributed by atoms with E-state index in [-0.39, 0.29) is 18.0 Å². The highest BCUT2D eigenvalue weighted by Crippen LogP contribution is 2.29. The quantitative estimate of drug-likeness (QED) is 0.520. The summed E-state index contributed by atoms with van der Waals surface area (Å²) >= 11 is 0. The van der Waals surface area contributed by atoms with Crippen LogP contribution in [0.1, 0.15) is 22.7 Å². The number of carbonyl (C=O) groups is 1. The predicted octanol–water partition coefficient (Wildman–Crippen LogP) is 2.71. The summed E-state index contributed by atoms with van der Waals surface area (Å²) in [4.78, 5) is 15.6. The molecule has 33 heavy (non-hydrogen) atoms. The molecule has 1 aromatic heterocycles. The highest BCUT2D eigenvalue weighted by Gasteiger charge is 2.35. The number of aromatic nitrogens is 2. The van der Waals surface area contributed by atoms with Gasteiger partial charge in [0.25, 0.3) is 0 Å². The Morgan fingerprint density at radius 1 is 1.09 bits per heavy atom. The SMILES string of the molecule is COCCN1CC(NC(=O)Nc2c3c(nn2-c2ccccc2)CNC3)C(c2ccccc2)C1. The lowest BCUT2D eigenvalue weighted by Crippen LogP contribution is -2.42. The van der Waals surface area contributed by atoms with Crippen molar-refractivity contribution >= 4 is 11.8 Å². The molecule has 1 fully saturated rings. The molecule has 2 unspecified atom stereocenters. The van der Waals surface area contributed by atoms with E-state index in [0.717, 1.165) is 42.4 Å². The molecule has 0 spiro atoms. The van der Waals surface area contributed by atoms with Crippen LogP contribution in [-0.4, -0.2) is 60.1 Å². The fraction of sp³-hybridized carbons (Fsp3) is 0.360. The Labute approximate surface area is 193 Å². The molecule has 3 aromatic rings. The lowest BCUT2D eigenvalue weighted by atomic mass is 9.94. The van der Waals surface area contributed by atoms with Gasteiger partial charge in [-0.05, 0) is 17.7 Å². The van der Waals surface area contributed by atoms with Gasteiger partial charge in [-0.15, -0.1) is 0 Å². The Morgan fingerprint density at radius 3 is 2.61 bits per heavy atom. The van der Waals surface area contributed by atoms with Crippen molar-refractivity contribution in [3.63, 3.8) is 0 Å². The highest BCUT2D eigenvalue weighted by molar-refractivity contribution is 5.90. The van der Waals surface area contributed by atoms with Gasteiger partial charge in [0.2, 0.25) is 0 Å². The highest BCUT2D eigenvalue weighted by atomic mass is 16.5. The molecule has 3 heterocycles. The molecule has 2 aliphatic heterocycles. The van der Waals surface area contributed by atoms with Crippen LogP contribution in [0.15, 0.2) is 60.7 Å². The maximum Gasteiger partial charge on any atom is 0.320 e. The van der Waals surface area contributed by atoms with E-state index in [1.807, 2.05) is 41.1 Å². The summed E-state index contributed by atoms with van der Waals surface area (Å²) in [5.74, 6) is 0.949. The molecule has 0 radical (unpaired) electrons. The molecule has 172 valence electrons. The van der Waals surface area contributed by atoms with Crippen LogP contribution in [0.25, 0.3) is 5.69 Å². The van der Waals surface area contributed by atoms with Gasteiger partial charge in [0.05, 0.1) is 24.0 Å². The van der Waals surface area contributed by atoms with E-state index < -0.39 is 0 Å². The average molecular weight is 447 g/mol. The normalized spacial score (nSPS) is 20.0. The van der Waals surface area contributed by atoms with E-state index in [4.69, 9.17) is 9.84 Å². The number of nitrogens with zero attached hydrogens (tertiary/aromatic N) is 3. The zero-order valence-electron chi connectivity index (χ0n) is 18.8. The number of ether oxygens (including phenoxy) is 1. The largest absolute Gasteiger partial charge is 0.383 e. The molecule has 0 aliphatic carbocycles. The molecule has 0 bridgehead atoms. The van der Waals surface area contributed by atoms with E-state index in [1.165, 1.54) is 5.56 Å². The number of amides is 2. The second-order valence-corrected chi connectivity index (χ2v) is 8.60. The number of likely N-dealkylation sites (tertiary alicyclic amines) is 1. The maximum absolute atomic E-state index is 13.2. The zero-order chi connectivity index (χ0) is 22.6. The van der Waals surface area contributed by atoms with Crippen molar-refractivity contribution in [2.45, 2.75) is 25.0 Å². The van der Waals surface area contributed by atoms with Gasteiger partial charge in [0.15, 0.2) is 0 Å². The monoisotopic (exact) mass is 446 g/mol. The number of rotatable bonds is 7. The Balaban J connectivity index is 1.35. The summed E-state index contributed by atoms with van der Waals surface area (Å²) in [7, 11) is 1.72. The summed E-state index contributed by atoms with van der Waals surface area (Å²) in [6.07, 6.45) is 0. The van der Waals surface area contributed by atoms with Gasteiger partial charge in [-0.2, -0.15) is 5.10 Å². The fourth-order valence-electron chi connectivity index (χ4n) is 4.80. The lowest BCUT2D eigenvalue weighted by Gasteiger charge is -2.21. The minimum absolute atomic E-state index is 0.00327. The zero-order valence-corrected chi connectivity index (χ0v) is 18.8. The number of carbonyl (C=O) groups excluding carboxylic acids is 1. The number of hydrogen-bond donors (Lipinski definition) is 3. The van der Waals surface area contributed by atoms with Crippen molar-refractivity contribution in [3.8, 4) is 5.69 Å². The number of benzene rings is 2. The molecule has 2 aromatic carbocycles. The number of para-hydroxylation sites is 1. The number of hydrogen-bond acceptors (Lipinski definition) is 5. The molecule has 3 N–H and O–H groups in total. The molecule has 1 saturated heterocycles. The van der Waals surface area contributed by atoms with Gasteiger partial charge >= 0.3 is 6.03 Å². The standard InChI is InChI=1S/C25H30N6O2/c1-33-13-12-30-16-21(18-8-4-2-5-9-18)23(17-30)27-25(32)28-24-20-14-26-15-22(20)29-31(24)19-10-6-3-7-11-19/h2-11,21,23,26H,12-17H2,1H3,(H2,27,28,32). The third-order valence-electron chi connectivity index (χ3n) is 6.44. The van der Waals surface area contributed by atoms with E-state index >= 15 is 0 Å². The molecule has 2 atom stereocenters. The first-order chi connectivity index (χ1) is 16.2. The van der Waals surface area contributed by atoms with Gasteiger partial charge in [-0.25, -0.2) is 9.48 Å². The van der Waals surface area contributed by atoms with Gasteiger partial charge in [0.1, 0.15) is 5.82 Å². The van der Waals surface area contributed by atoms with Crippen LogP contribution < -0.4 is 16.0 Å². The minimum Gasteiger partial charge on any atom is -0.383 e. The third kappa shape index (κ3) is 4.64. The second kappa shape index (κ2) is 9.74.